The topological polar surface area (TPSA) is 66.4 Å². The molecule has 7 heteroatoms. The van der Waals surface area contributed by atoms with Gasteiger partial charge in [-0.15, -0.1) is 0 Å². The predicted molar refractivity (Wildman–Crippen MR) is 91.8 cm³/mol. The van der Waals surface area contributed by atoms with Gasteiger partial charge in [0.15, 0.2) is 0 Å². The summed E-state index contributed by atoms with van der Waals surface area (Å²) in [6.07, 6.45) is 5.29. The Bertz CT molecular complexity index is 804. The molecule has 2 amide bonds. The highest BCUT2D eigenvalue weighted by Crippen LogP contribution is 2.48. The number of nitrogens with zero attached hydrogens (tertiary/aromatic N) is 4. The van der Waals surface area contributed by atoms with E-state index in [1.165, 1.54) is 30.7 Å². The number of hydrogen-bond donors (Lipinski definition) is 0. The van der Waals surface area contributed by atoms with E-state index in [0.29, 0.717) is 31.9 Å². The fourth-order valence-corrected chi connectivity index (χ4v) is 3.48. The van der Waals surface area contributed by atoms with Crippen LogP contribution in [0.25, 0.3) is 0 Å². The molecule has 1 aliphatic heterocycles. The zero-order valence-electron chi connectivity index (χ0n) is 14.2. The fourth-order valence-electron chi connectivity index (χ4n) is 3.48. The summed E-state index contributed by atoms with van der Waals surface area (Å²) < 4.78 is 13.0. The first kappa shape index (κ1) is 16.6. The van der Waals surface area contributed by atoms with Crippen LogP contribution in [0.4, 0.5) is 4.39 Å². The summed E-state index contributed by atoms with van der Waals surface area (Å²) >= 11 is 0. The Morgan fingerprint density at radius 3 is 2.35 bits per heavy atom. The van der Waals surface area contributed by atoms with Crippen LogP contribution in [0.15, 0.2) is 42.9 Å². The van der Waals surface area contributed by atoms with Gasteiger partial charge in [-0.2, -0.15) is 0 Å². The second-order valence-electron chi connectivity index (χ2n) is 6.71. The van der Waals surface area contributed by atoms with E-state index in [0.717, 1.165) is 12.0 Å². The first-order valence-corrected chi connectivity index (χ1v) is 8.73. The lowest BCUT2D eigenvalue weighted by Crippen LogP contribution is -2.51. The summed E-state index contributed by atoms with van der Waals surface area (Å²) in [5, 5.41) is 0. The molecule has 1 aromatic heterocycles. The number of amides is 2. The van der Waals surface area contributed by atoms with E-state index in [9.17, 15) is 14.0 Å². The van der Waals surface area contributed by atoms with Gasteiger partial charge in [0.05, 0.1) is 6.20 Å². The molecule has 2 aliphatic rings. The van der Waals surface area contributed by atoms with Crippen molar-refractivity contribution in [2.75, 3.05) is 26.2 Å². The quantitative estimate of drug-likeness (QED) is 0.842. The fraction of sp³-hybridized carbons (Fsp3) is 0.368. The van der Waals surface area contributed by atoms with Crippen LogP contribution >= 0.6 is 0 Å². The van der Waals surface area contributed by atoms with Crippen LogP contribution in [0.5, 0.6) is 0 Å². The number of benzene rings is 1. The summed E-state index contributed by atoms with van der Waals surface area (Å²) in [7, 11) is 0. The van der Waals surface area contributed by atoms with Crippen molar-refractivity contribution in [3.63, 3.8) is 0 Å². The van der Waals surface area contributed by atoms with Gasteiger partial charge >= 0.3 is 0 Å². The third-order valence-corrected chi connectivity index (χ3v) is 5.07. The molecule has 1 aromatic carbocycles. The normalized spacial score (nSPS) is 22.2. The smallest absolute Gasteiger partial charge is 0.274 e. The predicted octanol–water partition coefficient (Wildman–Crippen LogP) is 1.70. The van der Waals surface area contributed by atoms with E-state index in [1.807, 2.05) is 4.90 Å². The molecule has 0 radical (unpaired) electrons. The molecule has 0 bridgehead atoms. The van der Waals surface area contributed by atoms with Crippen molar-refractivity contribution in [1.29, 1.82) is 0 Å². The van der Waals surface area contributed by atoms with E-state index >= 15 is 0 Å². The maximum absolute atomic E-state index is 13.0. The average Bonchev–Trinajstić information content (AvgIpc) is 3.49. The SMILES string of the molecule is O=C(c1cnccn1)N1CCN(C(=O)C2CC2c2ccc(F)cc2)CC1. The Morgan fingerprint density at radius 1 is 1.00 bits per heavy atom. The molecule has 1 saturated carbocycles. The Labute approximate surface area is 150 Å². The number of carbonyl (C=O) groups is 2. The van der Waals surface area contributed by atoms with Crippen LogP contribution in [-0.2, 0) is 4.79 Å². The molecule has 0 spiro atoms. The molecular weight excluding hydrogens is 335 g/mol. The minimum Gasteiger partial charge on any atom is -0.339 e. The number of halogens is 1. The molecule has 2 unspecified atom stereocenters. The molecule has 2 aromatic rings. The van der Waals surface area contributed by atoms with E-state index in [2.05, 4.69) is 9.97 Å². The number of hydrogen-bond acceptors (Lipinski definition) is 4. The Hall–Kier alpha value is -2.83. The van der Waals surface area contributed by atoms with Crippen molar-refractivity contribution in [2.24, 2.45) is 5.92 Å². The number of aromatic nitrogens is 2. The summed E-state index contributed by atoms with van der Waals surface area (Å²) in [6, 6.07) is 6.38. The molecule has 26 heavy (non-hydrogen) atoms. The van der Waals surface area contributed by atoms with Gasteiger partial charge in [-0.1, -0.05) is 12.1 Å². The van der Waals surface area contributed by atoms with Crippen LogP contribution in [0.3, 0.4) is 0 Å². The van der Waals surface area contributed by atoms with E-state index < -0.39 is 0 Å². The second kappa shape index (κ2) is 6.82. The van der Waals surface area contributed by atoms with Crippen molar-refractivity contribution < 1.29 is 14.0 Å². The summed E-state index contributed by atoms with van der Waals surface area (Å²) in [5.41, 5.74) is 1.34. The monoisotopic (exact) mass is 354 g/mol. The molecule has 4 rings (SSSR count). The maximum atomic E-state index is 13.0. The number of rotatable bonds is 3. The van der Waals surface area contributed by atoms with Gasteiger partial charge in [0.1, 0.15) is 11.5 Å². The van der Waals surface area contributed by atoms with Crippen LogP contribution in [0.2, 0.25) is 0 Å². The largest absolute Gasteiger partial charge is 0.339 e. The third kappa shape index (κ3) is 3.29. The van der Waals surface area contributed by atoms with E-state index in [1.54, 1.807) is 17.0 Å². The number of piperazine rings is 1. The molecule has 0 N–H and O–H groups in total. The molecule has 6 nitrogen and oxygen atoms in total. The lowest BCUT2D eigenvalue weighted by Gasteiger charge is -2.34. The Balaban J connectivity index is 1.32. The van der Waals surface area contributed by atoms with Gasteiger partial charge < -0.3 is 9.80 Å². The first-order valence-electron chi connectivity index (χ1n) is 8.73. The highest BCUT2D eigenvalue weighted by molar-refractivity contribution is 5.92. The third-order valence-electron chi connectivity index (χ3n) is 5.07. The van der Waals surface area contributed by atoms with Gasteiger partial charge in [0, 0.05) is 44.5 Å². The maximum Gasteiger partial charge on any atom is 0.274 e. The second-order valence-corrected chi connectivity index (χ2v) is 6.71. The van der Waals surface area contributed by atoms with Gasteiger partial charge in [-0.05, 0) is 30.0 Å². The minimum absolute atomic E-state index is 0.0253. The van der Waals surface area contributed by atoms with Gasteiger partial charge in [0.25, 0.3) is 5.91 Å². The lowest BCUT2D eigenvalue weighted by molar-refractivity contribution is -0.134. The van der Waals surface area contributed by atoms with Crippen LogP contribution < -0.4 is 0 Å². The number of carbonyl (C=O) groups excluding carboxylic acids is 2. The Kier molecular flexibility index (Phi) is 4.36. The van der Waals surface area contributed by atoms with Gasteiger partial charge in [-0.25, -0.2) is 9.37 Å². The van der Waals surface area contributed by atoms with Crippen LogP contribution in [0.1, 0.15) is 28.4 Å². The minimum atomic E-state index is -0.263. The average molecular weight is 354 g/mol. The van der Waals surface area contributed by atoms with Crippen LogP contribution in [-0.4, -0.2) is 57.8 Å². The van der Waals surface area contributed by atoms with Crippen molar-refractivity contribution in [3.05, 3.63) is 59.9 Å². The van der Waals surface area contributed by atoms with Crippen molar-refractivity contribution >= 4 is 11.8 Å². The van der Waals surface area contributed by atoms with Gasteiger partial charge in [-0.3, -0.25) is 14.6 Å². The summed E-state index contributed by atoms with van der Waals surface area (Å²) in [5.74, 6) is -0.127. The molecule has 1 aliphatic carbocycles. The lowest BCUT2D eigenvalue weighted by atomic mass is 10.1. The van der Waals surface area contributed by atoms with Crippen molar-refractivity contribution in [1.82, 2.24) is 19.8 Å². The molecular formula is C19H19FN4O2. The molecule has 1 saturated heterocycles. The van der Waals surface area contributed by atoms with Crippen molar-refractivity contribution in [3.8, 4) is 0 Å². The molecule has 2 fully saturated rings. The standard InChI is InChI=1S/C19H19FN4O2/c20-14-3-1-13(2-4-14)15-11-16(15)18(25)23-7-9-24(10-8-23)19(26)17-12-21-5-6-22-17/h1-6,12,15-16H,7-11H2. The summed E-state index contributed by atoms with van der Waals surface area (Å²) in [6.45, 7) is 2.04. The zero-order chi connectivity index (χ0) is 18.1. The summed E-state index contributed by atoms with van der Waals surface area (Å²) in [4.78, 5) is 36.5. The highest BCUT2D eigenvalue weighted by Gasteiger charge is 2.46. The first-order chi connectivity index (χ1) is 12.6. The Morgan fingerprint density at radius 2 is 1.69 bits per heavy atom. The molecule has 2 atom stereocenters. The van der Waals surface area contributed by atoms with Crippen LogP contribution in [0, 0.1) is 11.7 Å². The van der Waals surface area contributed by atoms with E-state index in [4.69, 9.17) is 0 Å². The molecule has 2 heterocycles. The van der Waals surface area contributed by atoms with E-state index in [-0.39, 0.29) is 29.5 Å². The highest BCUT2D eigenvalue weighted by atomic mass is 19.1. The van der Waals surface area contributed by atoms with Crippen molar-refractivity contribution in [2.45, 2.75) is 12.3 Å². The van der Waals surface area contributed by atoms with Gasteiger partial charge in [0.2, 0.25) is 5.91 Å². The molecule has 134 valence electrons. The zero-order valence-corrected chi connectivity index (χ0v) is 14.2.